The number of nitrogens with one attached hydrogen (secondary N) is 1. The molecule has 0 bridgehead atoms. The second-order valence-corrected chi connectivity index (χ2v) is 7.49. The zero-order valence-corrected chi connectivity index (χ0v) is 17.6. The molecule has 166 valence electrons. The first-order chi connectivity index (χ1) is 16.0. The lowest BCUT2D eigenvalue weighted by molar-refractivity contribution is -0.384. The Balaban J connectivity index is 1.53. The van der Waals surface area contributed by atoms with Crippen molar-refractivity contribution in [2.75, 3.05) is 6.54 Å². The van der Waals surface area contributed by atoms with Crippen LogP contribution in [0.1, 0.15) is 11.1 Å². The van der Waals surface area contributed by atoms with Gasteiger partial charge in [-0.3, -0.25) is 14.9 Å². The zero-order chi connectivity index (χ0) is 23.2. The maximum atomic E-state index is 13.3. The molecule has 0 spiro atoms. The molecule has 3 aromatic carbocycles. The van der Waals surface area contributed by atoms with Gasteiger partial charge in [0.05, 0.1) is 22.7 Å². The van der Waals surface area contributed by atoms with Gasteiger partial charge in [0.1, 0.15) is 5.82 Å². The van der Waals surface area contributed by atoms with Gasteiger partial charge in [0.25, 0.3) is 5.69 Å². The number of hydrogen-bond acceptors (Lipinski definition) is 4. The number of non-ortho nitro benzene ring substituents is 1. The fourth-order valence-corrected chi connectivity index (χ4v) is 3.51. The number of amides is 1. The van der Waals surface area contributed by atoms with Crippen LogP contribution in [0.3, 0.4) is 0 Å². The van der Waals surface area contributed by atoms with Crippen molar-refractivity contribution < 1.29 is 14.1 Å². The number of nitrogens with zero attached hydrogens (tertiary/aromatic N) is 3. The summed E-state index contributed by atoms with van der Waals surface area (Å²) in [4.78, 5) is 23.2. The topological polar surface area (TPSA) is 90.1 Å². The van der Waals surface area contributed by atoms with Crippen LogP contribution in [0, 0.1) is 15.9 Å². The quantitative estimate of drug-likeness (QED) is 0.320. The third-order valence-corrected chi connectivity index (χ3v) is 5.14. The standard InChI is InChI=1S/C25H21FN4O3/c26-21-6-4-5-18(15-21)13-14-27-24(31)16-20-17-29(22-7-2-1-3-8-22)28-25(20)19-9-11-23(12-10-19)30(32)33/h1-12,15,17H,13-14,16H2,(H,27,31). The normalized spacial score (nSPS) is 10.7. The van der Waals surface area contributed by atoms with Gasteiger partial charge in [-0.15, -0.1) is 0 Å². The van der Waals surface area contributed by atoms with Crippen molar-refractivity contribution in [1.29, 1.82) is 0 Å². The highest BCUT2D eigenvalue weighted by Crippen LogP contribution is 2.26. The maximum Gasteiger partial charge on any atom is 0.269 e. The molecular formula is C25H21FN4O3. The van der Waals surface area contributed by atoms with Crippen molar-refractivity contribution in [1.82, 2.24) is 15.1 Å². The van der Waals surface area contributed by atoms with E-state index >= 15 is 0 Å². The molecule has 0 aliphatic rings. The van der Waals surface area contributed by atoms with Crippen LogP contribution in [0.2, 0.25) is 0 Å². The maximum absolute atomic E-state index is 13.3. The Morgan fingerprint density at radius 3 is 2.48 bits per heavy atom. The molecule has 7 nitrogen and oxygen atoms in total. The Labute approximate surface area is 189 Å². The number of para-hydroxylation sites is 1. The molecule has 33 heavy (non-hydrogen) atoms. The van der Waals surface area contributed by atoms with Crippen LogP contribution in [0.15, 0.2) is 85.1 Å². The molecule has 4 rings (SSSR count). The summed E-state index contributed by atoms with van der Waals surface area (Å²) >= 11 is 0. The van der Waals surface area contributed by atoms with Crippen LogP contribution in [0.5, 0.6) is 0 Å². The summed E-state index contributed by atoms with van der Waals surface area (Å²) in [5, 5.41) is 18.5. The third kappa shape index (κ3) is 5.48. The molecule has 0 aliphatic heterocycles. The minimum Gasteiger partial charge on any atom is -0.355 e. The first-order valence-electron chi connectivity index (χ1n) is 10.4. The van der Waals surface area contributed by atoms with Crippen LogP contribution in [0.25, 0.3) is 16.9 Å². The lowest BCUT2D eigenvalue weighted by atomic mass is 10.1. The lowest BCUT2D eigenvalue weighted by Crippen LogP contribution is -2.27. The highest BCUT2D eigenvalue weighted by Gasteiger charge is 2.16. The number of aromatic nitrogens is 2. The predicted octanol–water partition coefficient (Wildman–Crippen LogP) is 4.49. The average Bonchev–Trinajstić information content (AvgIpc) is 3.23. The van der Waals surface area contributed by atoms with Gasteiger partial charge in [-0.25, -0.2) is 9.07 Å². The molecule has 1 aromatic heterocycles. The summed E-state index contributed by atoms with van der Waals surface area (Å²) in [5.74, 6) is -0.498. The van der Waals surface area contributed by atoms with E-state index in [1.807, 2.05) is 36.4 Å². The van der Waals surface area contributed by atoms with E-state index in [2.05, 4.69) is 10.4 Å². The van der Waals surface area contributed by atoms with Gasteiger partial charge in [-0.2, -0.15) is 5.10 Å². The van der Waals surface area contributed by atoms with E-state index in [0.29, 0.717) is 29.8 Å². The van der Waals surface area contributed by atoms with Crippen molar-refractivity contribution >= 4 is 11.6 Å². The van der Waals surface area contributed by atoms with Crippen molar-refractivity contribution in [3.05, 3.63) is 112 Å². The van der Waals surface area contributed by atoms with Crippen LogP contribution in [0.4, 0.5) is 10.1 Å². The second kappa shape index (κ2) is 9.86. The van der Waals surface area contributed by atoms with E-state index in [1.165, 1.54) is 24.3 Å². The summed E-state index contributed by atoms with van der Waals surface area (Å²) in [6, 6.07) is 21.8. The van der Waals surface area contributed by atoms with Crippen molar-refractivity contribution in [3.63, 3.8) is 0 Å². The van der Waals surface area contributed by atoms with Crippen LogP contribution in [-0.2, 0) is 17.6 Å². The van der Waals surface area contributed by atoms with Gasteiger partial charge in [0.2, 0.25) is 5.91 Å². The number of nitro groups is 1. The molecule has 4 aromatic rings. The van der Waals surface area contributed by atoms with Gasteiger partial charge in [0, 0.05) is 36.0 Å². The number of carbonyl (C=O) groups is 1. The summed E-state index contributed by atoms with van der Waals surface area (Å²) in [5.41, 5.74) is 3.57. The molecule has 1 N–H and O–H groups in total. The SMILES string of the molecule is O=C(Cc1cn(-c2ccccc2)nc1-c1ccc([N+](=O)[O-])cc1)NCCc1cccc(F)c1. The second-order valence-electron chi connectivity index (χ2n) is 7.49. The van der Waals surface area contributed by atoms with Crippen LogP contribution >= 0.6 is 0 Å². The van der Waals surface area contributed by atoms with Crippen LogP contribution in [-0.4, -0.2) is 27.2 Å². The molecule has 0 fully saturated rings. The molecule has 0 saturated carbocycles. The average molecular weight is 444 g/mol. The fourth-order valence-electron chi connectivity index (χ4n) is 3.51. The van der Waals surface area contributed by atoms with Crippen LogP contribution < -0.4 is 5.32 Å². The van der Waals surface area contributed by atoms with Crippen molar-refractivity contribution in [2.24, 2.45) is 0 Å². The predicted molar refractivity (Wildman–Crippen MR) is 122 cm³/mol. The number of nitro benzene ring substituents is 1. The van der Waals surface area contributed by atoms with E-state index in [9.17, 15) is 19.3 Å². The van der Waals surface area contributed by atoms with E-state index < -0.39 is 4.92 Å². The summed E-state index contributed by atoms with van der Waals surface area (Å²) in [6.45, 7) is 0.377. The largest absolute Gasteiger partial charge is 0.355 e. The zero-order valence-electron chi connectivity index (χ0n) is 17.6. The first kappa shape index (κ1) is 21.9. The molecule has 0 unspecified atom stereocenters. The molecule has 0 radical (unpaired) electrons. The summed E-state index contributed by atoms with van der Waals surface area (Å²) in [7, 11) is 0. The number of carbonyl (C=O) groups excluding carboxylic acids is 1. The van der Waals surface area contributed by atoms with Gasteiger partial charge in [-0.1, -0.05) is 30.3 Å². The fraction of sp³-hybridized carbons (Fsp3) is 0.120. The molecule has 0 aliphatic carbocycles. The molecule has 0 atom stereocenters. The van der Waals surface area contributed by atoms with Gasteiger partial charge in [-0.05, 0) is 48.4 Å². The Kier molecular flexibility index (Phi) is 6.54. The smallest absolute Gasteiger partial charge is 0.269 e. The van der Waals surface area contributed by atoms with E-state index in [0.717, 1.165) is 11.3 Å². The van der Waals surface area contributed by atoms with Crippen molar-refractivity contribution in [2.45, 2.75) is 12.8 Å². The van der Waals surface area contributed by atoms with E-state index in [-0.39, 0.29) is 23.8 Å². The highest BCUT2D eigenvalue weighted by molar-refractivity contribution is 5.81. The number of halogens is 1. The number of benzene rings is 3. The molecule has 1 heterocycles. The molecule has 1 amide bonds. The molecular weight excluding hydrogens is 423 g/mol. The van der Waals surface area contributed by atoms with Gasteiger partial charge >= 0.3 is 0 Å². The van der Waals surface area contributed by atoms with Gasteiger partial charge < -0.3 is 5.32 Å². The minimum atomic E-state index is -0.459. The Bertz CT molecular complexity index is 1270. The molecule has 0 saturated heterocycles. The third-order valence-electron chi connectivity index (χ3n) is 5.14. The first-order valence-corrected chi connectivity index (χ1v) is 10.4. The number of hydrogen-bond donors (Lipinski definition) is 1. The van der Waals surface area contributed by atoms with E-state index in [1.54, 1.807) is 29.1 Å². The van der Waals surface area contributed by atoms with Crippen molar-refractivity contribution in [3.8, 4) is 16.9 Å². The number of rotatable bonds is 8. The Hall–Kier alpha value is -4.33. The minimum absolute atomic E-state index is 0.0158. The summed E-state index contributed by atoms with van der Waals surface area (Å²) in [6.07, 6.45) is 2.39. The lowest BCUT2D eigenvalue weighted by Gasteiger charge is -2.06. The summed E-state index contributed by atoms with van der Waals surface area (Å²) < 4.78 is 15.0. The van der Waals surface area contributed by atoms with E-state index in [4.69, 9.17) is 0 Å². The highest BCUT2D eigenvalue weighted by atomic mass is 19.1. The Morgan fingerprint density at radius 2 is 1.79 bits per heavy atom. The molecule has 8 heteroatoms. The Morgan fingerprint density at radius 1 is 1.03 bits per heavy atom. The van der Waals surface area contributed by atoms with Gasteiger partial charge in [0.15, 0.2) is 0 Å². The monoisotopic (exact) mass is 444 g/mol.